The molecule has 1 saturated heterocycles. The summed E-state index contributed by atoms with van der Waals surface area (Å²) in [4.78, 5) is 12.0. The Labute approximate surface area is 158 Å². The second-order valence-corrected chi connectivity index (χ2v) is 7.16. The van der Waals surface area contributed by atoms with Crippen molar-refractivity contribution in [3.63, 3.8) is 0 Å². The monoisotopic (exact) mass is 375 g/mol. The molecule has 1 aliphatic heterocycles. The molecular formula is C20H23ClFN3O. The number of amides is 2. The number of nitrogens with one attached hydrogen (secondary N) is 3. The van der Waals surface area contributed by atoms with Gasteiger partial charge in [0.2, 0.25) is 0 Å². The molecule has 0 aromatic heterocycles. The fourth-order valence-corrected chi connectivity index (χ4v) is 3.33. The fraction of sp³-hybridized carbons (Fsp3) is 0.350. The van der Waals surface area contributed by atoms with Gasteiger partial charge in [-0.05, 0) is 73.7 Å². The van der Waals surface area contributed by atoms with Gasteiger partial charge in [-0.15, -0.1) is 0 Å². The van der Waals surface area contributed by atoms with E-state index in [9.17, 15) is 9.18 Å². The number of carbonyl (C=O) groups excluding carboxylic acids is 1. The Morgan fingerprint density at radius 1 is 1.12 bits per heavy atom. The molecule has 6 heteroatoms. The van der Waals surface area contributed by atoms with Gasteiger partial charge < -0.3 is 16.0 Å². The highest BCUT2D eigenvalue weighted by molar-refractivity contribution is 6.30. The van der Waals surface area contributed by atoms with Crippen LogP contribution in [0.3, 0.4) is 0 Å². The van der Waals surface area contributed by atoms with Crippen LogP contribution in [0.4, 0.5) is 14.9 Å². The van der Waals surface area contributed by atoms with E-state index in [2.05, 4.69) is 16.0 Å². The maximum atomic E-state index is 13.0. The highest BCUT2D eigenvalue weighted by Crippen LogP contribution is 2.19. The minimum absolute atomic E-state index is 0.196. The van der Waals surface area contributed by atoms with Crippen molar-refractivity contribution < 1.29 is 9.18 Å². The van der Waals surface area contributed by atoms with E-state index < -0.39 is 0 Å². The summed E-state index contributed by atoms with van der Waals surface area (Å²) in [5.41, 5.74) is 1.87. The fourth-order valence-electron chi connectivity index (χ4n) is 3.20. The van der Waals surface area contributed by atoms with E-state index in [4.69, 9.17) is 11.6 Å². The Balaban J connectivity index is 1.36. The molecular weight excluding hydrogens is 353 g/mol. The van der Waals surface area contributed by atoms with Crippen LogP contribution in [0.15, 0.2) is 48.5 Å². The predicted molar refractivity (Wildman–Crippen MR) is 103 cm³/mol. The molecule has 0 radical (unpaired) electrons. The Morgan fingerprint density at radius 3 is 2.50 bits per heavy atom. The third-order valence-corrected chi connectivity index (χ3v) is 4.92. The summed E-state index contributed by atoms with van der Waals surface area (Å²) in [6, 6.07) is 13.8. The first kappa shape index (κ1) is 18.7. The van der Waals surface area contributed by atoms with Crippen LogP contribution in [-0.4, -0.2) is 25.2 Å². The molecule has 3 rings (SSSR count). The first-order valence-corrected chi connectivity index (χ1v) is 9.24. The van der Waals surface area contributed by atoms with Gasteiger partial charge >= 0.3 is 6.03 Å². The molecule has 3 N–H and O–H groups in total. The van der Waals surface area contributed by atoms with Gasteiger partial charge in [0.15, 0.2) is 0 Å². The second kappa shape index (κ2) is 9.01. The molecule has 2 aromatic carbocycles. The van der Waals surface area contributed by atoms with Gasteiger partial charge in [-0.3, -0.25) is 0 Å². The third-order valence-electron chi connectivity index (χ3n) is 4.67. The van der Waals surface area contributed by atoms with Gasteiger partial charge in [0.05, 0.1) is 0 Å². The van der Waals surface area contributed by atoms with Crippen molar-refractivity contribution >= 4 is 23.3 Å². The first-order chi connectivity index (χ1) is 12.6. The number of anilines is 1. The van der Waals surface area contributed by atoms with E-state index in [1.165, 1.54) is 12.1 Å². The summed E-state index contributed by atoms with van der Waals surface area (Å²) < 4.78 is 13.0. The lowest BCUT2D eigenvalue weighted by atomic mass is 9.89. The van der Waals surface area contributed by atoms with Crippen molar-refractivity contribution in [3.05, 3.63) is 64.9 Å². The van der Waals surface area contributed by atoms with Crippen LogP contribution in [0.25, 0.3) is 0 Å². The number of carbonyl (C=O) groups is 1. The van der Waals surface area contributed by atoms with E-state index in [1.54, 1.807) is 24.3 Å². The maximum Gasteiger partial charge on any atom is 0.319 e. The van der Waals surface area contributed by atoms with Crippen LogP contribution in [0.5, 0.6) is 0 Å². The number of urea groups is 1. The first-order valence-electron chi connectivity index (χ1n) is 8.87. The lowest BCUT2D eigenvalue weighted by Gasteiger charge is -2.30. The summed E-state index contributed by atoms with van der Waals surface area (Å²) >= 11 is 5.83. The molecule has 0 saturated carbocycles. The summed E-state index contributed by atoms with van der Waals surface area (Å²) in [7, 11) is 0. The number of halogens is 2. The highest BCUT2D eigenvalue weighted by atomic mass is 35.5. The topological polar surface area (TPSA) is 53.2 Å². The van der Waals surface area contributed by atoms with Crippen molar-refractivity contribution in [2.75, 3.05) is 18.4 Å². The normalized spacial score (nSPS) is 19.8. The van der Waals surface area contributed by atoms with Crippen molar-refractivity contribution in [1.29, 1.82) is 0 Å². The van der Waals surface area contributed by atoms with Crippen molar-refractivity contribution in [2.24, 2.45) is 5.92 Å². The van der Waals surface area contributed by atoms with Gasteiger partial charge in [0, 0.05) is 23.3 Å². The number of rotatable bonds is 5. The summed E-state index contributed by atoms with van der Waals surface area (Å²) in [6.07, 6.45) is 3.05. The number of hydrogen-bond acceptors (Lipinski definition) is 2. The molecule has 26 heavy (non-hydrogen) atoms. The van der Waals surface area contributed by atoms with Gasteiger partial charge in [-0.2, -0.15) is 0 Å². The summed E-state index contributed by atoms with van der Waals surface area (Å²) in [5, 5.41) is 9.82. The minimum atomic E-state index is -0.220. The average molecular weight is 376 g/mol. The van der Waals surface area contributed by atoms with Crippen molar-refractivity contribution in [2.45, 2.75) is 25.3 Å². The number of hydrogen-bond donors (Lipinski definition) is 3. The highest BCUT2D eigenvalue weighted by Gasteiger charge is 2.21. The Hall–Kier alpha value is -2.11. The van der Waals surface area contributed by atoms with E-state index >= 15 is 0 Å². The second-order valence-electron chi connectivity index (χ2n) is 6.72. The number of benzene rings is 2. The maximum absolute atomic E-state index is 13.0. The van der Waals surface area contributed by atoms with Gasteiger partial charge in [-0.25, -0.2) is 9.18 Å². The Bertz CT molecular complexity index is 713. The van der Waals surface area contributed by atoms with Gasteiger partial charge in [0.25, 0.3) is 0 Å². The Morgan fingerprint density at radius 2 is 1.85 bits per heavy atom. The molecule has 0 spiro atoms. The smallest absolute Gasteiger partial charge is 0.319 e. The molecule has 0 unspecified atom stereocenters. The minimum Gasteiger partial charge on any atom is -0.336 e. The van der Waals surface area contributed by atoms with E-state index in [0.29, 0.717) is 23.2 Å². The Kier molecular flexibility index (Phi) is 6.47. The van der Waals surface area contributed by atoms with E-state index in [-0.39, 0.29) is 17.9 Å². The zero-order valence-corrected chi connectivity index (χ0v) is 15.2. The van der Waals surface area contributed by atoms with Crippen LogP contribution >= 0.6 is 11.6 Å². The molecule has 1 heterocycles. The zero-order chi connectivity index (χ0) is 18.4. The van der Waals surface area contributed by atoms with Gasteiger partial charge in [-0.1, -0.05) is 23.7 Å². The molecule has 138 valence electrons. The van der Waals surface area contributed by atoms with Gasteiger partial charge in [0.1, 0.15) is 5.82 Å². The summed E-state index contributed by atoms with van der Waals surface area (Å²) in [5.74, 6) is 0.345. The lowest BCUT2D eigenvalue weighted by Crippen LogP contribution is -2.47. The molecule has 2 amide bonds. The predicted octanol–water partition coefficient (Wildman–Crippen LogP) is 4.21. The molecule has 2 atom stereocenters. The van der Waals surface area contributed by atoms with E-state index in [1.807, 2.05) is 12.1 Å². The van der Waals surface area contributed by atoms with Crippen molar-refractivity contribution in [1.82, 2.24) is 10.6 Å². The third kappa shape index (κ3) is 5.71. The van der Waals surface area contributed by atoms with Crippen LogP contribution in [0, 0.1) is 11.7 Å². The largest absolute Gasteiger partial charge is 0.336 e. The average Bonchev–Trinajstić information content (AvgIpc) is 2.65. The molecule has 0 bridgehead atoms. The van der Waals surface area contributed by atoms with Crippen LogP contribution in [0.1, 0.15) is 18.4 Å². The standard InChI is InChI=1S/C20H23ClFN3O/c21-16-4-9-18(10-5-16)25-20(26)24-13-19-8-3-15(12-23-19)11-14-1-6-17(22)7-2-14/h1-2,4-7,9-10,15,19,23H,3,8,11-13H2,(H2,24,25,26)/t15-,19+/m0/s1. The van der Waals surface area contributed by atoms with Crippen molar-refractivity contribution in [3.8, 4) is 0 Å². The SMILES string of the molecule is O=C(NC[C@H]1CC[C@@H](Cc2ccc(F)cc2)CN1)Nc1ccc(Cl)cc1. The zero-order valence-electron chi connectivity index (χ0n) is 14.5. The molecule has 4 nitrogen and oxygen atoms in total. The molecule has 0 aliphatic carbocycles. The summed E-state index contributed by atoms with van der Waals surface area (Å²) in [6.45, 7) is 1.49. The van der Waals surface area contributed by atoms with Crippen LogP contribution < -0.4 is 16.0 Å². The number of piperidine rings is 1. The molecule has 2 aromatic rings. The van der Waals surface area contributed by atoms with Crippen LogP contribution in [0.2, 0.25) is 5.02 Å². The van der Waals surface area contributed by atoms with Crippen LogP contribution in [-0.2, 0) is 6.42 Å². The van der Waals surface area contributed by atoms with E-state index in [0.717, 1.165) is 31.4 Å². The quantitative estimate of drug-likeness (QED) is 0.733. The molecule has 1 fully saturated rings. The lowest BCUT2D eigenvalue weighted by molar-refractivity contribution is 0.247. The molecule has 1 aliphatic rings.